The molecule has 2 N–H and O–H groups in total. The Morgan fingerprint density at radius 3 is 2.38 bits per heavy atom. The van der Waals surface area contributed by atoms with Crippen LogP contribution >= 0.6 is 0 Å². The van der Waals surface area contributed by atoms with Crippen LogP contribution in [0.5, 0.6) is 5.75 Å². The topological polar surface area (TPSA) is 102 Å². The van der Waals surface area contributed by atoms with E-state index in [1.807, 2.05) is 41.9 Å². The summed E-state index contributed by atoms with van der Waals surface area (Å²) in [5.74, 6) is 0.374. The normalized spacial score (nSPS) is 12.9. The molecule has 170 valence electrons. The van der Waals surface area contributed by atoms with E-state index in [1.54, 1.807) is 33.2 Å². The number of ether oxygens (including phenoxy) is 1. The lowest BCUT2D eigenvalue weighted by Crippen LogP contribution is -2.40. The number of benzene rings is 2. The first-order valence-electron chi connectivity index (χ1n) is 10.1. The molecule has 0 spiro atoms. The van der Waals surface area contributed by atoms with Crippen LogP contribution in [0.1, 0.15) is 48.6 Å². The third-order valence-corrected chi connectivity index (χ3v) is 6.46. The van der Waals surface area contributed by atoms with Gasteiger partial charge >= 0.3 is 0 Å². The molecular formula is C23H28N4O4S. The Labute approximate surface area is 188 Å². The number of nitrogens with zero attached hydrogens (tertiary/aromatic N) is 2. The van der Waals surface area contributed by atoms with Crippen molar-refractivity contribution in [2.75, 3.05) is 7.11 Å². The number of rotatable bonds is 7. The van der Waals surface area contributed by atoms with Gasteiger partial charge < -0.3 is 14.6 Å². The zero-order valence-corrected chi connectivity index (χ0v) is 19.6. The van der Waals surface area contributed by atoms with Crippen LogP contribution in [0, 0.1) is 0 Å². The molecule has 8 nitrogen and oxygen atoms in total. The summed E-state index contributed by atoms with van der Waals surface area (Å²) in [5, 5.41) is 2.98. The first-order chi connectivity index (χ1) is 15.0. The Hall–Kier alpha value is -3.17. The fraction of sp³-hybridized carbons (Fsp3) is 0.304. The molecule has 0 saturated carbocycles. The van der Waals surface area contributed by atoms with Gasteiger partial charge in [-0.25, -0.2) is 18.1 Å². The van der Waals surface area contributed by atoms with E-state index in [1.165, 1.54) is 25.3 Å². The smallest absolute Gasteiger partial charge is 0.252 e. The Morgan fingerprint density at radius 2 is 1.81 bits per heavy atom. The van der Waals surface area contributed by atoms with Crippen molar-refractivity contribution in [1.29, 1.82) is 0 Å². The second-order valence-corrected chi connectivity index (χ2v) is 10.1. The zero-order chi connectivity index (χ0) is 23.5. The lowest BCUT2D eigenvalue weighted by Gasteiger charge is -2.22. The summed E-state index contributed by atoms with van der Waals surface area (Å²) in [6, 6.07) is 13.3. The molecule has 0 saturated heterocycles. The van der Waals surface area contributed by atoms with Crippen LogP contribution in [0.25, 0.3) is 0 Å². The van der Waals surface area contributed by atoms with Crippen molar-refractivity contribution in [1.82, 2.24) is 19.6 Å². The predicted octanol–water partition coefficient (Wildman–Crippen LogP) is 3.02. The van der Waals surface area contributed by atoms with Crippen LogP contribution in [0.2, 0.25) is 0 Å². The number of imidazole rings is 1. The first-order valence-corrected chi connectivity index (χ1v) is 11.6. The third-order valence-electron chi connectivity index (χ3n) is 4.68. The Kier molecular flexibility index (Phi) is 6.71. The van der Waals surface area contributed by atoms with Crippen LogP contribution in [-0.2, 0) is 17.1 Å². The highest BCUT2D eigenvalue weighted by atomic mass is 32.2. The van der Waals surface area contributed by atoms with Crippen molar-refractivity contribution < 1.29 is 17.9 Å². The first kappa shape index (κ1) is 23.5. The highest BCUT2D eigenvalue weighted by Crippen LogP contribution is 2.27. The molecule has 2 aromatic carbocycles. The third kappa shape index (κ3) is 5.35. The number of hydrogen-bond acceptors (Lipinski definition) is 5. The van der Waals surface area contributed by atoms with E-state index < -0.39 is 27.5 Å². The summed E-state index contributed by atoms with van der Waals surface area (Å²) in [6.07, 6.45) is 3.46. The zero-order valence-electron chi connectivity index (χ0n) is 18.8. The van der Waals surface area contributed by atoms with Crippen LogP contribution in [-0.4, -0.2) is 36.5 Å². The number of aromatic nitrogens is 2. The summed E-state index contributed by atoms with van der Waals surface area (Å²) < 4.78 is 35.5. The van der Waals surface area contributed by atoms with E-state index in [2.05, 4.69) is 15.0 Å². The molecule has 3 aromatic rings. The maximum atomic E-state index is 13.2. The van der Waals surface area contributed by atoms with E-state index in [0.29, 0.717) is 5.82 Å². The Bertz CT molecular complexity index is 1200. The maximum Gasteiger partial charge on any atom is 0.252 e. The van der Waals surface area contributed by atoms with Crippen molar-refractivity contribution in [3.8, 4) is 5.75 Å². The predicted molar refractivity (Wildman–Crippen MR) is 122 cm³/mol. The average Bonchev–Trinajstić information content (AvgIpc) is 3.15. The van der Waals surface area contributed by atoms with E-state index in [4.69, 9.17) is 4.74 Å². The SMILES string of the molecule is COc1ccc(C(=O)NC(c2ccccc2)c2nccn2C)cc1S(=O)(=O)NC(C)(C)C. The molecular weight excluding hydrogens is 428 g/mol. The van der Waals surface area contributed by atoms with Crippen molar-refractivity contribution in [2.24, 2.45) is 7.05 Å². The maximum absolute atomic E-state index is 13.2. The minimum absolute atomic E-state index is 0.101. The molecule has 9 heteroatoms. The van der Waals surface area contributed by atoms with Crippen LogP contribution < -0.4 is 14.8 Å². The Morgan fingerprint density at radius 1 is 1.12 bits per heavy atom. The van der Waals surface area contributed by atoms with Gasteiger partial charge in [0.1, 0.15) is 22.5 Å². The second-order valence-electron chi connectivity index (χ2n) is 8.43. The van der Waals surface area contributed by atoms with E-state index >= 15 is 0 Å². The van der Waals surface area contributed by atoms with Crippen molar-refractivity contribution >= 4 is 15.9 Å². The van der Waals surface area contributed by atoms with Gasteiger partial charge in [-0.05, 0) is 44.5 Å². The van der Waals surface area contributed by atoms with Gasteiger partial charge in [0.15, 0.2) is 0 Å². The van der Waals surface area contributed by atoms with Gasteiger partial charge in [0, 0.05) is 30.5 Å². The fourth-order valence-corrected chi connectivity index (χ4v) is 4.91. The average molecular weight is 457 g/mol. The van der Waals surface area contributed by atoms with E-state index in [9.17, 15) is 13.2 Å². The molecule has 32 heavy (non-hydrogen) atoms. The number of carbonyl (C=O) groups is 1. The monoisotopic (exact) mass is 456 g/mol. The largest absolute Gasteiger partial charge is 0.495 e. The standard InChI is InChI=1S/C23H28N4O4S/c1-23(2,3)26-32(29,30)19-15-17(11-12-18(19)31-5)22(28)25-20(16-9-7-6-8-10-16)21-24-13-14-27(21)4/h6-15,20,26H,1-5H3,(H,25,28). The molecule has 0 bridgehead atoms. The van der Waals surface area contributed by atoms with Crippen LogP contribution in [0.3, 0.4) is 0 Å². The summed E-state index contributed by atoms with van der Waals surface area (Å²) in [5.41, 5.74) is 0.347. The number of aryl methyl sites for hydroxylation is 1. The number of sulfonamides is 1. The molecule has 1 aromatic heterocycles. The summed E-state index contributed by atoms with van der Waals surface area (Å²) in [7, 11) is -0.684. The van der Waals surface area contributed by atoms with Crippen LogP contribution in [0.15, 0.2) is 65.8 Å². The lowest BCUT2D eigenvalue weighted by molar-refractivity contribution is 0.0941. The van der Waals surface area contributed by atoms with Crippen molar-refractivity contribution in [3.63, 3.8) is 0 Å². The quantitative estimate of drug-likeness (QED) is 0.569. The second kappa shape index (κ2) is 9.13. The molecule has 0 radical (unpaired) electrons. The van der Waals surface area contributed by atoms with Crippen LogP contribution in [0.4, 0.5) is 0 Å². The number of nitrogens with one attached hydrogen (secondary N) is 2. The van der Waals surface area contributed by atoms with Crippen molar-refractivity contribution in [3.05, 3.63) is 77.9 Å². The number of carbonyl (C=O) groups excluding carboxylic acids is 1. The molecule has 1 atom stereocenters. The van der Waals surface area contributed by atoms with Gasteiger partial charge in [-0.3, -0.25) is 4.79 Å². The molecule has 0 aliphatic heterocycles. The van der Waals surface area contributed by atoms with Gasteiger partial charge in [-0.15, -0.1) is 0 Å². The highest BCUT2D eigenvalue weighted by Gasteiger charge is 2.27. The molecule has 0 aliphatic carbocycles. The van der Waals surface area contributed by atoms with Gasteiger partial charge in [0.05, 0.1) is 7.11 Å². The van der Waals surface area contributed by atoms with Gasteiger partial charge in [-0.1, -0.05) is 30.3 Å². The molecule has 0 aliphatic rings. The van der Waals surface area contributed by atoms with Gasteiger partial charge in [0.2, 0.25) is 10.0 Å². The lowest BCUT2D eigenvalue weighted by atomic mass is 10.1. The van der Waals surface area contributed by atoms with E-state index in [-0.39, 0.29) is 16.2 Å². The summed E-state index contributed by atoms with van der Waals surface area (Å²) in [6.45, 7) is 5.22. The number of amides is 1. The van der Waals surface area contributed by atoms with Gasteiger partial charge in [0.25, 0.3) is 5.91 Å². The fourth-order valence-electron chi connectivity index (χ4n) is 3.30. The molecule has 1 heterocycles. The molecule has 0 fully saturated rings. The number of methoxy groups -OCH3 is 1. The van der Waals surface area contributed by atoms with Gasteiger partial charge in [-0.2, -0.15) is 0 Å². The van der Waals surface area contributed by atoms with E-state index in [0.717, 1.165) is 5.56 Å². The minimum atomic E-state index is -3.92. The number of hydrogen-bond donors (Lipinski definition) is 2. The molecule has 1 amide bonds. The molecule has 3 rings (SSSR count). The Balaban J connectivity index is 1.99. The molecule has 1 unspecified atom stereocenters. The minimum Gasteiger partial charge on any atom is -0.495 e. The summed E-state index contributed by atoms with van der Waals surface area (Å²) in [4.78, 5) is 17.5. The summed E-state index contributed by atoms with van der Waals surface area (Å²) >= 11 is 0. The van der Waals surface area contributed by atoms with Crippen molar-refractivity contribution in [2.45, 2.75) is 37.2 Å². The highest BCUT2D eigenvalue weighted by molar-refractivity contribution is 7.89.